The Bertz CT molecular complexity index is 524. The average molecular weight is 387 g/mol. The first-order chi connectivity index (χ1) is 12.2. The first-order valence-corrected chi connectivity index (χ1v) is 9.89. The molecule has 0 aromatic heterocycles. The van der Waals surface area contributed by atoms with E-state index in [0.717, 1.165) is 18.2 Å². The van der Waals surface area contributed by atoms with Gasteiger partial charge in [-0.2, -0.15) is 0 Å². The molecule has 0 spiro atoms. The molecule has 26 heavy (non-hydrogen) atoms. The van der Waals surface area contributed by atoms with Crippen molar-refractivity contribution >= 4 is 28.8 Å². The molecule has 0 bridgehead atoms. The Hall–Kier alpha value is -1.38. The van der Waals surface area contributed by atoms with Crippen LogP contribution in [0.3, 0.4) is 0 Å². The molecule has 0 aromatic rings. The van der Waals surface area contributed by atoms with Gasteiger partial charge in [0, 0.05) is 19.2 Å². The maximum Gasteiger partial charge on any atom is 0.306 e. The third kappa shape index (κ3) is 7.47. The Morgan fingerprint density at radius 2 is 1.96 bits per heavy atom. The molecule has 0 unspecified atom stereocenters. The van der Waals surface area contributed by atoms with Crippen LogP contribution >= 0.6 is 11.8 Å². The molecular formula is C18H29NO6S. The minimum atomic E-state index is -0.971. The number of aliphatic hydroxyl groups is 2. The Kier molecular flexibility index (Phi) is 9.90. The van der Waals surface area contributed by atoms with Crippen LogP contribution in [0.15, 0.2) is 12.2 Å². The van der Waals surface area contributed by atoms with Crippen molar-refractivity contribution in [3.63, 3.8) is 0 Å². The van der Waals surface area contributed by atoms with E-state index in [-0.39, 0.29) is 23.4 Å². The summed E-state index contributed by atoms with van der Waals surface area (Å²) in [6.45, 7) is 3.42. The van der Waals surface area contributed by atoms with Crippen molar-refractivity contribution < 1.29 is 29.7 Å². The Balaban J connectivity index is 2.38. The van der Waals surface area contributed by atoms with Gasteiger partial charge in [-0.1, -0.05) is 37.3 Å². The van der Waals surface area contributed by atoms with Crippen LogP contribution in [-0.4, -0.2) is 56.8 Å². The smallest absolute Gasteiger partial charge is 0.306 e. The predicted octanol–water partition coefficient (Wildman–Crippen LogP) is 1.19. The number of amides is 1. The second-order valence-corrected chi connectivity index (χ2v) is 7.80. The van der Waals surface area contributed by atoms with Crippen LogP contribution in [0.4, 0.5) is 0 Å². The van der Waals surface area contributed by atoms with Crippen LogP contribution in [0.5, 0.6) is 0 Å². The molecule has 1 saturated carbocycles. The van der Waals surface area contributed by atoms with Crippen molar-refractivity contribution in [1.82, 2.24) is 5.32 Å². The maximum atomic E-state index is 12.0. The van der Waals surface area contributed by atoms with E-state index in [1.165, 1.54) is 13.0 Å². The van der Waals surface area contributed by atoms with E-state index in [0.29, 0.717) is 25.1 Å². The Morgan fingerprint density at radius 3 is 2.58 bits per heavy atom. The standard InChI is InChI=1S/C18H29NO6S/c1-11(18(25)26-10-9-19-12(2)20)15(21)7-4-8-16(22)13-5-3-6-14(13)17(23)24/h4,7,11,13-16,21-22H,3,5-6,8-10H2,1-2H3,(H,19,20)(H,23,24)/b7-4+/t11-,13-,14+,15-,16-/m1/s1. The number of nitrogens with one attached hydrogen (secondary N) is 1. The predicted molar refractivity (Wildman–Crippen MR) is 99.6 cm³/mol. The number of carboxylic acid groups (broad SMARTS) is 1. The van der Waals surface area contributed by atoms with Gasteiger partial charge < -0.3 is 20.6 Å². The summed E-state index contributed by atoms with van der Waals surface area (Å²) in [6.07, 6.45) is 3.68. The second kappa shape index (κ2) is 11.4. The normalized spacial score (nSPS) is 23.5. The molecule has 148 valence electrons. The lowest BCUT2D eigenvalue weighted by molar-refractivity contribution is -0.144. The highest BCUT2D eigenvalue weighted by Crippen LogP contribution is 2.35. The maximum absolute atomic E-state index is 12.0. The van der Waals surface area contributed by atoms with Gasteiger partial charge in [0.1, 0.15) is 0 Å². The molecule has 1 aliphatic rings. The zero-order chi connectivity index (χ0) is 19.7. The molecule has 0 radical (unpaired) electrons. The fourth-order valence-corrected chi connectivity index (χ4v) is 3.91. The lowest BCUT2D eigenvalue weighted by Crippen LogP contribution is -2.28. The zero-order valence-electron chi connectivity index (χ0n) is 15.3. The number of thioether (sulfide) groups is 1. The quantitative estimate of drug-likeness (QED) is 0.328. The van der Waals surface area contributed by atoms with Crippen LogP contribution in [0.2, 0.25) is 0 Å². The zero-order valence-corrected chi connectivity index (χ0v) is 16.1. The summed E-state index contributed by atoms with van der Waals surface area (Å²) in [5, 5.41) is 31.9. The van der Waals surface area contributed by atoms with Gasteiger partial charge >= 0.3 is 5.97 Å². The molecule has 1 aliphatic carbocycles. The summed E-state index contributed by atoms with van der Waals surface area (Å²) in [5.74, 6) is -1.97. The number of aliphatic carboxylic acids is 1. The molecular weight excluding hydrogens is 358 g/mol. The SMILES string of the molecule is CC(=O)NCCSC(=O)[C@H](C)[C@H](O)/C=C/C[C@@H](O)[C@@H]1CCC[C@@H]1C(=O)O. The molecule has 5 atom stereocenters. The van der Waals surface area contributed by atoms with E-state index in [9.17, 15) is 24.6 Å². The van der Waals surface area contributed by atoms with Crippen molar-refractivity contribution in [3.05, 3.63) is 12.2 Å². The van der Waals surface area contributed by atoms with Gasteiger partial charge in [-0.3, -0.25) is 14.4 Å². The van der Waals surface area contributed by atoms with Crippen LogP contribution in [0.25, 0.3) is 0 Å². The molecule has 1 fully saturated rings. The minimum Gasteiger partial charge on any atom is -0.481 e. The monoisotopic (exact) mass is 387 g/mol. The number of carbonyl (C=O) groups excluding carboxylic acids is 2. The van der Waals surface area contributed by atoms with Crippen molar-refractivity contribution in [3.8, 4) is 0 Å². The van der Waals surface area contributed by atoms with Gasteiger partial charge in [-0.25, -0.2) is 0 Å². The van der Waals surface area contributed by atoms with Crippen molar-refractivity contribution in [2.75, 3.05) is 12.3 Å². The topological polar surface area (TPSA) is 124 Å². The van der Waals surface area contributed by atoms with Crippen molar-refractivity contribution in [2.45, 2.75) is 51.7 Å². The summed E-state index contributed by atoms with van der Waals surface area (Å²) >= 11 is 1.06. The lowest BCUT2D eigenvalue weighted by atomic mass is 9.89. The second-order valence-electron chi connectivity index (χ2n) is 6.70. The van der Waals surface area contributed by atoms with E-state index >= 15 is 0 Å². The third-order valence-electron chi connectivity index (χ3n) is 4.70. The fraction of sp³-hybridized carbons (Fsp3) is 0.722. The molecule has 8 heteroatoms. The van der Waals surface area contributed by atoms with Crippen molar-refractivity contribution in [2.24, 2.45) is 17.8 Å². The van der Waals surface area contributed by atoms with Gasteiger partial charge in [0.25, 0.3) is 0 Å². The van der Waals surface area contributed by atoms with Crippen LogP contribution < -0.4 is 5.32 Å². The minimum absolute atomic E-state index is 0.153. The molecule has 0 heterocycles. The van der Waals surface area contributed by atoms with Gasteiger partial charge in [0.2, 0.25) is 5.91 Å². The lowest BCUT2D eigenvalue weighted by Gasteiger charge is -2.21. The highest BCUT2D eigenvalue weighted by atomic mass is 32.2. The summed E-state index contributed by atoms with van der Waals surface area (Å²) in [4.78, 5) is 33.9. The van der Waals surface area contributed by atoms with Crippen LogP contribution in [0, 0.1) is 17.8 Å². The largest absolute Gasteiger partial charge is 0.481 e. The highest BCUT2D eigenvalue weighted by molar-refractivity contribution is 8.13. The number of hydrogen-bond donors (Lipinski definition) is 4. The third-order valence-corrected chi connectivity index (χ3v) is 5.76. The number of carboxylic acids is 1. The van der Waals surface area contributed by atoms with Gasteiger partial charge in [-0.15, -0.1) is 0 Å². The van der Waals surface area contributed by atoms with Crippen molar-refractivity contribution in [1.29, 1.82) is 0 Å². The number of carbonyl (C=O) groups is 3. The van der Waals surface area contributed by atoms with E-state index in [1.807, 2.05) is 0 Å². The molecule has 1 rings (SSSR count). The van der Waals surface area contributed by atoms with Crippen LogP contribution in [0.1, 0.15) is 39.5 Å². The number of rotatable bonds is 10. The summed E-state index contributed by atoms with van der Waals surface area (Å²) in [5.41, 5.74) is 0. The van der Waals surface area contributed by atoms with E-state index in [2.05, 4.69) is 5.32 Å². The fourth-order valence-electron chi connectivity index (χ4n) is 3.10. The van der Waals surface area contributed by atoms with Crippen LogP contribution in [-0.2, 0) is 14.4 Å². The molecule has 4 N–H and O–H groups in total. The van der Waals surface area contributed by atoms with Gasteiger partial charge in [0.05, 0.1) is 24.0 Å². The van der Waals surface area contributed by atoms with E-state index in [1.54, 1.807) is 13.0 Å². The van der Waals surface area contributed by atoms with Gasteiger partial charge in [-0.05, 0) is 25.2 Å². The summed E-state index contributed by atoms with van der Waals surface area (Å²) in [6, 6.07) is 0. The molecule has 1 amide bonds. The van der Waals surface area contributed by atoms with Gasteiger partial charge in [0.15, 0.2) is 5.12 Å². The highest BCUT2D eigenvalue weighted by Gasteiger charge is 2.36. The molecule has 0 aliphatic heterocycles. The summed E-state index contributed by atoms with van der Waals surface area (Å²) < 4.78 is 0. The Labute approximate surface area is 158 Å². The molecule has 0 aromatic carbocycles. The Morgan fingerprint density at radius 1 is 1.27 bits per heavy atom. The summed E-state index contributed by atoms with van der Waals surface area (Å²) in [7, 11) is 0. The molecule has 0 saturated heterocycles. The molecule has 7 nitrogen and oxygen atoms in total. The average Bonchev–Trinajstić information content (AvgIpc) is 3.07. The first kappa shape index (κ1) is 22.7. The van der Waals surface area contributed by atoms with E-state index in [4.69, 9.17) is 5.11 Å². The number of aliphatic hydroxyl groups excluding tert-OH is 2. The first-order valence-electron chi connectivity index (χ1n) is 8.90. The number of hydrogen-bond acceptors (Lipinski definition) is 6. The van der Waals surface area contributed by atoms with E-state index < -0.39 is 30.0 Å².